The molecule has 0 bridgehead atoms. The maximum atomic E-state index is 12.4. The zero-order valence-corrected chi connectivity index (χ0v) is 15.8. The van der Waals surface area contributed by atoms with Crippen molar-refractivity contribution in [3.05, 3.63) is 67.7 Å². The summed E-state index contributed by atoms with van der Waals surface area (Å²) in [6, 6.07) is 5.50. The molecule has 3 rings (SSSR count). The average Bonchev–Trinajstić information content (AvgIpc) is 3.18. The van der Waals surface area contributed by atoms with E-state index in [2.05, 4.69) is 15.5 Å². The van der Waals surface area contributed by atoms with Gasteiger partial charge in [-0.05, 0) is 32.0 Å². The lowest BCUT2D eigenvalue weighted by Crippen LogP contribution is -2.16. The van der Waals surface area contributed by atoms with Crippen molar-refractivity contribution in [2.24, 2.45) is 0 Å². The van der Waals surface area contributed by atoms with Crippen LogP contribution in [-0.4, -0.2) is 30.4 Å². The number of nitro groups is 1. The molecule has 0 aliphatic rings. The van der Waals surface area contributed by atoms with Gasteiger partial charge in [-0.25, -0.2) is 4.68 Å². The fraction of sp³-hybridized carbons (Fsp3) is 0.188. The summed E-state index contributed by atoms with van der Waals surface area (Å²) in [7, 11) is 0. The molecule has 2 aromatic heterocycles. The van der Waals surface area contributed by atoms with E-state index in [1.54, 1.807) is 17.8 Å². The van der Waals surface area contributed by atoms with E-state index in [0.29, 0.717) is 10.7 Å². The third kappa shape index (κ3) is 3.93. The van der Waals surface area contributed by atoms with Gasteiger partial charge < -0.3 is 5.32 Å². The van der Waals surface area contributed by atoms with Gasteiger partial charge in [0.2, 0.25) is 0 Å². The molecule has 27 heavy (non-hydrogen) atoms. The van der Waals surface area contributed by atoms with Crippen LogP contribution in [0, 0.1) is 24.0 Å². The Bertz CT molecular complexity index is 1040. The number of benzene rings is 1. The van der Waals surface area contributed by atoms with Crippen molar-refractivity contribution in [2.75, 3.05) is 5.32 Å². The zero-order valence-electron chi connectivity index (χ0n) is 14.3. The molecule has 0 unspecified atom stereocenters. The van der Waals surface area contributed by atoms with Gasteiger partial charge in [0.15, 0.2) is 5.69 Å². The predicted molar refractivity (Wildman–Crippen MR) is 100 cm³/mol. The summed E-state index contributed by atoms with van der Waals surface area (Å²) >= 11 is 11.9. The van der Waals surface area contributed by atoms with Crippen LogP contribution in [0.4, 0.5) is 11.4 Å². The number of hydrogen-bond donors (Lipinski definition) is 1. The number of nitrogens with zero attached hydrogens (tertiary/aromatic N) is 5. The topological polar surface area (TPSA) is 108 Å². The first-order valence-electron chi connectivity index (χ1n) is 7.74. The molecule has 2 heterocycles. The molecule has 0 radical (unpaired) electrons. The van der Waals surface area contributed by atoms with E-state index in [1.807, 2.05) is 6.92 Å². The van der Waals surface area contributed by atoms with Crippen LogP contribution >= 0.6 is 23.2 Å². The predicted octanol–water partition coefficient (Wildman–Crippen LogP) is 3.67. The molecule has 0 saturated heterocycles. The van der Waals surface area contributed by atoms with Crippen molar-refractivity contribution in [3.63, 3.8) is 0 Å². The van der Waals surface area contributed by atoms with Crippen LogP contribution < -0.4 is 5.32 Å². The number of aromatic nitrogens is 4. The molecule has 0 saturated carbocycles. The molecule has 0 spiro atoms. The highest BCUT2D eigenvalue weighted by molar-refractivity contribution is 6.31. The second kappa shape index (κ2) is 7.37. The lowest BCUT2D eigenvalue weighted by Gasteiger charge is -2.06. The second-order valence-electron chi connectivity index (χ2n) is 5.74. The smallest absolute Gasteiger partial charge is 0.294 e. The van der Waals surface area contributed by atoms with Gasteiger partial charge in [-0.2, -0.15) is 10.2 Å². The second-order valence-corrected chi connectivity index (χ2v) is 6.55. The number of nitrogens with one attached hydrogen (secondary N) is 1. The minimum Gasteiger partial charge on any atom is -0.315 e. The number of carbonyl (C=O) groups is 1. The molecule has 0 atom stereocenters. The monoisotopic (exact) mass is 408 g/mol. The van der Waals surface area contributed by atoms with Gasteiger partial charge in [0.25, 0.3) is 11.6 Å². The minimum absolute atomic E-state index is 0.0364. The summed E-state index contributed by atoms with van der Waals surface area (Å²) in [6.45, 7) is 3.90. The van der Waals surface area contributed by atoms with Crippen molar-refractivity contribution in [1.82, 2.24) is 19.6 Å². The minimum atomic E-state index is -0.618. The van der Waals surface area contributed by atoms with Crippen LogP contribution in [-0.2, 0) is 6.67 Å². The molecule has 11 heteroatoms. The van der Waals surface area contributed by atoms with E-state index in [1.165, 1.54) is 28.9 Å². The van der Waals surface area contributed by atoms with Crippen LogP contribution in [0.5, 0.6) is 0 Å². The van der Waals surface area contributed by atoms with E-state index in [-0.39, 0.29) is 28.8 Å². The molecule has 1 amide bonds. The van der Waals surface area contributed by atoms with Gasteiger partial charge >= 0.3 is 0 Å². The summed E-state index contributed by atoms with van der Waals surface area (Å²) < 4.78 is 3.18. The van der Waals surface area contributed by atoms with Gasteiger partial charge in [0.1, 0.15) is 12.4 Å². The van der Waals surface area contributed by atoms with Gasteiger partial charge in [-0.1, -0.05) is 23.2 Å². The fourth-order valence-corrected chi connectivity index (χ4v) is 2.76. The number of carbonyl (C=O) groups excluding carboxylic acids is 1. The molecule has 0 aliphatic heterocycles. The van der Waals surface area contributed by atoms with Crippen LogP contribution in [0.1, 0.15) is 21.9 Å². The molecule has 0 aliphatic carbocycles. The summed E-state index contributed by atoms with van der Waals surface area (Å²) in [5.74, 6) is -0.578. The van der Waals surface area contributed by atoms with Crippen LogP contribution in [0.25, 0.3) is 0 Å². The van der Waals surface area contributed by atoms with E-state index in [4.69, 9.17) is 23.2 Å². The Balaban J connectivity index is 1.78. The molecule has 3 aromatic rings. The van der Waals surface area contributed by atoms with Gasteiger partial charge in [0.05, 0.1) is 21.3 Å². The normalized spacial score (nSPS) is 10.8. The van der Waals surface area contributed by atoms with Crippen LogP contribution in [0.3, 0.4) is 0 Å². The number of aryl methyl sites for hydroxylation is 1. The molecule has 1 aromatic carbocycles. The fourth-order valence-electron chi connectivity index (χ4n) is 2.46. The maximum absolute atomic E-state index is 12.4. The first-order valence-corrected chi connectivity index (χ1v) is 8.50. The largest absolute Gasteiger partial charge is 0.315 e. The van der Waals surface area contributed by atoms with Crippen LogP contribution in [0.15, 0.2) is 30.5 Å². The highest BCUT2D eigenvalue weighted by Gasteiger charge is 2.19. The summed E-state index contributed by atoms with van der Waals surface area (Å²) in [5.41, 5.74) is 1.33. The number of anilines is 1. The van der Waals surface area contributed by atoms with Gasteiger partial charge in [-0.15, -0.1) is 0 Å². The average molecular weight is 409 g/mol. The Hall–Kier alpha value is -2.91. The number of halogens is 2. The standard InChI is InChI=1S/C16H14Cl2N6O3/c1-9-15(18)10(2)23(20-9)8-22-6-5-13(21-22)16(25)19-12-4-3-11(17)7-14(12)24(26)27/h3-7H,8H2,1-2H3,(H,19,25). The summed E-state index contributed by atoms with van der Waals surface area (Å²) in [4.78, 5) is 22.9. The maximum Gasteiger partial charge on any atom is 0.294 e. The highest BCUT2D eigenvalue weighted by atomic mass is 35.5. The Morgan fingerprint density at radius 2 is 2.00 bits per heavy atom. The molecule has 0 fully saturated rings. The van der Waals surface area contributed by atoms with E-state index in [0.717, 1.165) is 5.69 Å². The first kappa shape index (κ1) is 18.9. The number of hydrogen-bond acceptors (Lipinski definition) is 5. The van der Waals surface area contributed by atoms with E-state index < -0.39 is 10.8 Å². The first-order chi connectivity index (χ1) is 12.8. The third-order valence-electron chi connectivity index (χ3n) is 3.85. The van der Waals surface area contributed by atoms with Crippen molar-refractivity contribution in [1.29, 1.82) is 0 Å². The third-order valence-corrected chi connectivity index (χ3v) is 4.63. The SMILES string of the molecule is Cc1nn(Cn2ccc(C(=O)Nc3ccc(Cl)cc3[N+](=O)[O-])n2)c(C)c1Cl. The Morgan fingerprint density at radius 1 is 1.26 bits per heavy atom. The molecular formula is C16H14Cl2N6O3. The van der Waals surface area contributed by atoms with Crippen molar-refractivity contribution in [2.45, 2.75) is 20.5 Å². The van der Waals surface area contributed by atoms with Crippen molar-refractivity contribution in [3.8, 4) is 0 Å². The number of rotatable bonds is 5. The van der Waals surface area contributed by atoms with Gasteiger partial charge in [-0.3, -0.25) is 19.6 Å². The summed E-state index contributed by atoms with van der Waals surface area (Å²) in [5, 5.41) is 22.9. The summed E-state index contributed by atoms with van der Waals surface area (Å²) in [6.07, 6.45) is 1.61. The lowest BCUT2D eigenvalue weighted by atomic mass is 10.2. The van der Waals surface area contributed by atoms with E-state index in [9.17, 15) is 14.9 Å². The molecule has 140 valence electrons. The zero-order chi connectivity index (χ0) is 19.7. The van der Waals surface area contributed by atoms with Gasteiger partial charge in [0, 0.05) is 17.3 Å². The Kier molecular flexibility index (Phi) is 5.15. The number of nitro benzene ring substituents is 1. The highest BCUT2D eigenvalue weighted by Crippen LogP contribution is 2.28. The van der Waals surface area contributed by atoms with Crippen molar-refractivity contribution >= 4 is 40.5 Å². The quantitative estimate of drug-likeness (QED) is 0.511. The van der Waals surface area contributed by atoms with Crippen molar-refractivity contribution < 1.29 is 9.72 Å². The number of amides is 1. The lowest BCUT2D eigenvalue weighted by molar-refractivity contribution is -0.383. The molecular weight excluding hydrogens is 395 g/mol. The molecule has 1 N–H and O–H groups in total. The Morgan fingerprint density at radius 3 is 2.63 bits per heavy atom. The van der Waals surface area contributed by atoms with Crippen LogP contribution in [0.2, 0.25) is 10.0 Å². The Labute approximate surface area is 163 Å². The van der Waals surface area contributed by atoms with E-state index >= 15 is 0 Å². The molecule has 9 nitrogen and oxygen atoms in total.